The van der Waals surface area contributed by atoms with Crippen LogP contribution in [0.15, 0.2) is 24.3 Å². The fraction of sp³-hybridized carbons (Fsp3) is 0.600. The van der Waals surface area contributed by atoms with Crippen LogP contribution in [0.5, 0.6) is 5.75 Å². The summed E-state index contributed by atoms with van der Waals surface area (Å²) in [6.45, 7) is 5.39. The molecule has 0 saturated carbocycles. The number of halogens is 1. The number of nitrogens with one attached hydrogen (secondary N) is 1. The molecular weight excluding hydrogens is 229 g/mol. The van der Waals surface area contributed by atoms with Crippen molar-refractivity contribution in [2.45, 2.75) is 45.3 Å². The van der Waals surface area contributed by atoms with Crippen molar-refractivity contribution in [3.8, 4) is 5.75 Å². The Balaban J connectivity index is 2.06. The standard InChI is InChI=1S/C15H22FNO/c1-11(2)10-15(13-7-5-9-17-13)18-14-8-4-3-6-12(14)16/h3-4,6,8,11,13,15,17H,5,7,9-10H2,1-2H3. The van der Waals surface area contributed by atoms with E-state index in [0.717, 1.165) is 19.4 Å². The highest BCUT2D eigenvalue weighted by Gasteiger charge is 2.27. The van der Waals surface area contributed by atoms with Crippen LogP contribution in [0.4, 0.5) is 4.39 Å². The minimum atomic E-state index is -0.274. The Bertz CT molecular complexity index is 375. The quantitative estimate of drug-likeness (QED) is 0.866. The van der Waals surface area contributed by atoms with E-state index in [1.807, 2.05) is 6.07 Å². The summed E-state index contributed by atoms with van der Waals surface area (Å²) < 4.78 is 19.5. The van der Waals surface area contributed by atoms with Crippen molar-refractivity contribution in [3.05, 3.63) is 30.1 Å². The molecule has 0 aliphatic carbocycles. The first-order valence-electron chi connectivity index (χ1n) is 6.81. The maximum Gasteiger partial charge on any atom is 0.165 e. The predicted octanol–water partition coefficient (Wildman–Crippen LogP) is 3.37. The van der Waals surface area contributed by atoms with E-state index in [-0.39, 0.29) is 11.9 Å². The monoisotopic (exact) mass is 251 g/mol. The summed E-state index contributed by atoms with van der Waals surface area (Å²) in [6.07, 6.45) is 3.31. The van der Waals surface area contributed by atoms with E-state index in [2.05, 4.69) is 19.2 Å². The van der Waals surface area contributed by atoms with Crippen LogP contribution in [0.2, 0.25) is 0 Å². The molecule has 1 saturated heterocycles. The SMILES string of the molecule is CC(C)CC(Oc1ccccc1F)C1CCCN1. The Kier molecular flexibility index (Phi) is 4.59. The molecule has 1 aliphatic heterocycles. The van der Waals surface area contributed by atoms with Crippen LogP contribution in [0.25, 0.3) is 0 Å². The summed E-state index contributed by atoms with van der Waals surface area (Å²) in [6, 6.07) is 7.01. The lowest BCUT2D eigenvalue weighted by Gasteiger charge is -2.26. The molecule has 100 valence electrons. The van der Waals surface area contributed by atoms with E-state index in [1.165, 1.54) is 12.5 Å². The van der Waals surface area contributed by atoms with Crippen LogP contribution in [0.3, 0.4) is 0 Å². The summed E-state index contributed by atoms with van der Waals surface area (Å²) in [5.74, 6) is 0.644. The van der Waals surface area contributed by atoms with E-state index >= 15 is 0 Å². The molecule has 1 aliphatic rings. The molecule has 2 atom stereocenters. The predicted molar refractivity (Wildman–Crippen MR) is 71.3 cm³/mol. The molecule has 1 heterocycles. The molecule has 1 aromatic rings. The van der Waals surface area contributed by atoms with Gasteiger partial charge in [0.05, 0.1) is 0 Å². The van der Waals surface area contributed by atoms with Gasteiger partial charge in [-0.05, 0) is 43.9 Å². The second kappa shape index (κ2) is 6.19. The Morgan fingerprint density at radius 3 is 2.78 bits per heavy atom. The average Bonchev–Trinajstić information content (AvgIpc) is 2.84. The van der Waals surface area contributed by atoms with Gasteiger partial charge in [-0.1, -0.05) is 26.0 Å². The lowest BCUT2D eigenvalue weighted by molar-refractivity contribution is 0.131. The molecule has 0 spiro atoms. The maximum atomic E-state index is 13.6. The molecule has 3 heteroatoms. The molecule has 0 amide bonds. The Morgan fingerprint density at radius 2 is 2.17 bits per heavy atom. The van der Waals surface area contributed by atoms with Crippen molar-refractivity contribution in [2.24, 2.45) is 5.92 Å². The van der Waals surface area contributed by atoms with Crippen LogP contribution in [0.1, 0.15) is 33.1 Å². The molecule has 2 rings (SSSR count). The summed E-state index contributed by atoms with van der Waals surface area (Å²) in [5.41, 5.74) is 0. The second-order valence-electron chi connectivity index (χ2n) is 5.42. The van der Waals surface area contributed by atoms with Crippen molar-refractivity contribution < 1.29 is 9.13 Å². The second-order valence-corrected chi connectivity index (χ2v) is 5.42. The zero-order valence-electron chi connectivity index (χ0n) is 11.2. The highest BCUT2D eigenvalue weighted by atomic mass is 19.1. The fourth-order valence-electron chi connectivity index (χ4n) is 2.49. The Hall–Kier alpha value is -1.09. The van der Waals surface area contributed by atoms with Crippen LogP contribution >= 0.6 is 0 Å². The first kappa shape index (κ1) is 13.3. The molecule has 2 unspecified atom stereocenters. The highest BCUT2D eigenvalue weighted by Crippen LogP contribution is 2.24. The van der Waals surface area contributed by atoms with Gasteiger partial charge in [-0.15, -0.1) is 0 Å². The van der Waals surface area contributed by atoms with Crippen molar-refractivity contribution in [3.63, 3.8) is 0 Å². The van der Waals surface area contributed by atoms with E-state index in [4.69, 9.17) is 4.74 Å². The van der Waals surface area contributed by atoms with Crippen molar-refractivity contribution in [1.82, 2.24) is 5.32 Å². The summed E-state index contributed by atoms with van der Waals surface area (Å²) in [7, 11) is 0. The van der Waals surface area contributed by atoms with Crippen LogP contribution in [-0.4, -0.2) is 18.7 Å². The number of hydrogen-bond acceptors (Lipinski definition) is 2. The first-order chi connectivity index (χ1) is 8.66. The van der Waals surface area contributed by atoms with Gasteiger partial charge in [-0.3, -0.25) is 0 Å². The third-order valence-electron chi connectivity index (χ3n) is 3.37. The van der Waals surface area contributed by atoms with Gasteiger partial charge in [0.2, 0.25) is 0 Å². The van der Waals surface area contributed by atoms with Gasteiger partial charge < -0.3 is 10.1 Å². The average molecular weight is 251 g/mol. The van der Waals surface area contributed by atoms with Gasteiger partial charge in [-0.25, -0.2) is 4.39 Å². The molecular formula is C15H22FNO. The minimum absolute atomic E-state index is 0.0596. The van der Waals surface area contributed by atoms with Crippen molar-refractivity contribution in [1.29, 1.82) is 0 Å². The van der Waals surface area contributed by atoms with Gasteiger partial charge in [0.15, 0.2) is 11.6 Å². The number of para-hydroxylation sites is 1. The number of ether oxygens (including phenoxy) is 1. The molecule has 0 radical (unpaired) electrons. The molecule has 1 fully saturated rings. The van der Waals surface area contributed by atoms with Crippen molar-refractivity contribution in [2.75, 3.05) is 6.54 Å². The molecule has 0 aromatic heterocycles. The topological polar surface area (TPSA) is 21.3 Å². The largest absolute Gasteiger partial charge is 0.486 e. The van der Waals surface area contributed by atoms with Gasteiger partial charge >= 0.3 is 0 Å². The summed E-state index contributed by atoms with van der Waals surface area (Å²) in [5, 5.41) is 3.45. The number of hydrogen-bond donors (Lipinski definition) is 1. The Labute approximate surface area is 109 Å². The lowest BCUT2D eigenvalue weighted by Crippen LogP contribution is -2.39. The summed E-state index contributed by atoms with van der Waals surface area (Å²) >= 11 is 0. The normalized spacial score (nSPS) is 21.2. The molecule has 18 heavy (non-hydrogen) atoms. The van der Waals surface area contributed by atoms with Crippen molar-refractivity contribution >= 4 is 0 Å². The first-order valence-corrected chi connectivity index (χ1v) is 6.81. The van der Waals surface area contributed by atoms with E-state index in [0.29, 0.717) is 17.7 Å². The van der Waals surface area contributed by atoms with Gasteiger partial charge in [0.25, 0.3) is 0 Å². The number of benzene rings is 1. The number of rotatable bonds is 5. The van der Waals surface area contributed by atoms with E-state index < -0.39 is 0 Å². The third-order valence-corrected chi connectivity index (χ3v) is 3.37. The fourth-order valence-corrected chi connectivity index (χ4v) is 2.49. The van der Waals surface area contributed by atoms with Gasteiger partial charge in [-0.2, -0.15) is 0 Å². The van der Waals surface area contributed by atoms with E-state index in [9.17, 15) is 4.39 Å². The van der Waals surface area contributed by atoms with Gasteiger partial charge in [0.1, 0.15) is 6.10 Å². The highest BCUT2D eigenvalue weighted by molar-refractivity contribution is 5.24. The summed E-state index contributed by atoms with van der Waals surface area (Å²) in [4.78, 5) is 0. The van der Waals surface area contributed by atoms with Crippen LogP contribution in [0, 0.1) is 11.7 Å². The van der Waals surface area contributed by atoms with Crippen LogP contribution in [-0.2, 0) is 0 Å². The maximum absolute atomic E-state index is 13.6. The molecule has 1 aromatic carbocycles. The minimum Gasteiger partial charge on any atom is -0.486 e. The smallest absolute Gasteiger partial charge is 0.165 e. The molecule has 1 N–H and O–H groups in total. The molecule has 2 nitrogen and oxygen atoms in total. The van der Waals surface area contributed by atoms with Gasteiger partial charge in [0, 0.05) is 6.04 Å². The zero-order chi connectivity index (χ0) is 13.0. The van der Waals surface area contributed by atoms with E-state index in [1.54, 1.807) is 12.1 Å². The Morgan fingerprint density at radius 1 is 1.39 bits per heavy atom. The third kappa shape index (κ3) is 3.45. The lowest BCUT2D eigenvalue weighted by atomic mass is 9.99. The molecule has 0 bridgehead atoms. The zero-order valence-corrected chi connectivity index (χ0v) is 11.2. The van der Waals surface area contributed by atoms with Crippen LogP contribution < -0.4 is 10.1 Å².